The Hall–Kier alpha value is -3.03. The summed E-state index contributed by atoms with van der Waals surface area (Å²) in [5, 5.41) is 14.3. The summed E-state index contributed by atoms with van der Waals surface area (Å²) in [5.74, 6) is -2.41. The first-order valence-corrected chi connectivity index (χ1v) is 9.55. The van der Waals surface area contributed by atoms with Crippen LogP contribution in [-0.4, -0.2) is 26.8 Å². The highest BCUT2D eigenvalue weighted by Gasteiger charge is 2.22. The Balaban J connectivity index is 1.92. The van der Waals surface area contributed by atoms with Crippen LogP contribution in [0, 0.1) is 5.82 Å². The Morgan fingerprint density at radius 3 is 2.55 bits per heavy atom. The van der Waals surface area contributed by atoms with E-state index >= 15 is 0 Å². The first kappa shape index (κ1) is 19.3. The van der Waals surface area contributed by atoms with Crippen LogP contribution in [0.5, 0.6) is 0 Å². The molecule has 0 fully saturated rings. The van der Waals surface area contributed by atoms with Crippen molar-refractivity contribution in [3.05, 3.63) is 87.1 Å². The van der Waals surface area contributed by atoms with Crippen LogP contribution >= 0.6 is 27.5 Å². The van der Waals surface area contributed by atoms with E-state index in [0.29, 0.717) is 26.0 Å². The molecule has 0 bridgehead atoms. The van der Waals surface area contributed by atoms with Crippen molar-refractivity contribution in [1.82, 2.24) is 9.78 Å². The van der Waals surface area contributed by atoms with Gasteiger partial charge >= 0.3 is 5.97 Å². The minimum Gasteiger partial charge on any atom is -0.478 e. The average molecular weight is 474 g/mol. The molecule has 3 aromatic carbocycles. The fourth-order valence-corrected chi connectivity index (χ4v) is 3.65. The van der Waals surface area contributed by atoms with E-state index in [1.807, 2.05) is 0 Å². The van der Waals surface area contributed by atoms with E-state index < -0.39 is 17.7 Å². The van der Waals surface area contributed by atoms with Gasteiger partial charge in [-0.1, -0.05) is 35.9 Å². The molecule has 4 aromatic rings. The number of halogens is 3. The summed E-state index contributed by atoms with van der Waals surface area (Å²) in [6.45, 7) is 0. The van der Waals surface area contributed by atoms with Crippen LogP contribution in [0.15, 0.2) is 65.1 Å². The lowest BCUT2D eigenvalue weighted by Gasteiger charge is -2.06. The lowest BCUT2D eigenvalue weighted by Crippen LogP contribution is -2.14. The van der Waals surface area contributed by atoms with Crippen molar-refractivity contribution in [3.63, 3.8) is 0 Å². The SMILES string of the molecule is O=C(O)c1ccc(-c2nn(C(=O)c3cccc(Cl)c3Br)c3ccccc23)c(F)c1. The molecule has 1 N–H and O–H groups in total. The molecule has 0 spiro atoms. The number of aromatic carboxylic acids is 1. The number of benzene rings is 3. The summed E-state index contributed by atoms with van der Waals surface area (Å²) in [6, 6.07) is 15.4. The van der Waals surface area contributed by atoms with Gasteiger partial charge in [-0.2, -0.15) is 9.78 Å². The van der Waals surface area contributed by atoms with Crippen molar-refractivity contribution in [1.29, 1.82) is 0 Å². The second-order valence-corrected chi connectivity index (χ2v) is 7.38. The number of aromatic nitrogens is 2. The highest BCUT2D eigenvalue weighted by atomic mass is 79.9. The Morgan fingerprint density at radius 2 is 1.83 bits per heavy atom. The monoisotopic (exact) mass is 472 g/mol. The molecule has 0 saturated carbocycles. The van der Waals surface area contributed by atoms with E-state index in [0.717, 1.165) is 6.07 Å². The normalized spacial score (nSPS) is 11.0. The Bertz CT molecular complexity index is 1300. The van der Waals surface area contributed by atoms with Crippen molar-refractivity contribution in [2.75, 3.05) is 0 Å². The zero-order chi connectivity index (χ0) is 20.7. The second kappa shape index (κ2) is 7.42. The van der Waals surface area contributed by atoms with E-state index in [1.165, 1.54) is 16.8 Å². The van der Waals surface area contributed by atoms with Crippen LogP contribution in [0.1, 0.15) is 20.7 Å². The van der Waals surface area contributed by atoms with Gasteiger partial charge in [-0.25, -0.2) is 9.18 Å². The number of carbonyl (C=O) groups excluding carboxylic acids is 1. The van der Waals surface area contributed by atoms with E-state index in [-0.39, 0.29) is 16.8 Å². The minimum atomic E-state index is -1.23. The number of fused-ring (bicyclic) bond motifs is 1. The number of carbonyl (C=O) groups is 2. The third-order valence-electron chi connectivity index (χ3n) is 4.43. The molecule has 0 radical (unpaired) electrons. The van der Waals surface area contributed by atoms with Gasteiger partial charge in [0.2, 0.25) is 0 Å². The van der Waals surface area contributed by atoms with Crippen LogP contribution in [-0.2, 0) is 0 Å². The van der Waals surface area contributed by atoms with Crippen molar-refractivity contribution >= 4 is 50.3 Å². The van der Waals surface area contributed by atoms with Crippen molar-refractivity contribution < 1.29 is 19.1 Å². The number of hydrogen-bond donors (Lipinski definition) is 1. The number of para-hydroxylation sites is 1. The highest BCUT2D eigenvalue weighted by Crippen LogP contribution is 2.32. The summed E-state index contributed by atoms with van der Waals surface area (Å²) in [5.41, 5.74) is 0.957. The molecule has 0 amide bonds. The summed E-state index contributed by atoms with van der Waals surface area (Å²) in [7, 11) is 0. The maximum absolute atomic E-state index is 14.7. The maximum Gasteiger partial charge on any atom is 0.335 e. The predicted octanol–water partition coefficient (Wildman–Crippen LogP) is 5.65. The van der Waals surface area contributed by atoms with Crippen molar-refractivity contribution in [2.45, 2.75) is 0 Å². The summed E-state index contributed by atoms with van der Waals surface area (Å²) >= 11 is 9.42. The third kappa shape index (κ3) is 3.32. The molecule has 5 nitrogen and oxygen atoms in total. The van der Waals surface area contributed by atoms with Crippen LogP contribution < -0.4 is 0 Å². The van der Waals surface area contributed by atoms with Crippen molar-refractivity contribution in [2.24, 2.45) is 0 Å². The molecule has 0 unspecified atom stereocenters. The standard InChI is InChI=1S/C21H11BrClFN2O3/c22-18-14(5-3-6-15(18)23)20(27)26-17-7-2-1-4-13(17)19(25-26)12-9-8-11(21(28)29)10-16(12)24/h1-10H,(H,28,29). The van der Waals surface area contributed by atoms with Gasteiger partial charge in [0.05, 0.1) is 21.7 Å². The molecule has 1 heterocycles. The van der Waals surface area contributed by atoms with Crippen LogP contribution in [0.3, 0.4) is 0 Å². The van der Waals surface area contributed by atoms with Gasteiger partial charge in [0.1, 0.15) is 11.5 Å². The molecule has 0 aliphatic carbocycles. The zero-order valence-corrected chi connectivity index (χ0v) is 16.9. The molecule has 1 aromatic heterocycles. The quantitative estimate of drug-likeness (QED) is 0.418. The topological polar surface area (TPSA) is 72.2 Å². The van der Waals surface area contributed by atoms with Crippen LogP contribution in [0.25, 0.3) is 22.2 Å². The van der Waals surface area contributed by atoms with E-state index in [1.54, 1.807) is 42.5 Å². The van der Waals surface area contributed by atoms with Gasteiger partial charge in [0.15, 0.2) is 0 Å². The second-order valence-electron chi connectivity index (χ2n) is 6.18. The number of carboxylic acid groups (broad SMARTS) is 1. The van der Waals surface area contributed by atoms with Crippen LogP contribution in [0.4, 0.5) is 4.39 Å². The largest absolute Gasteiger partial charge is 0.478 e. The Morgan fingerprint density at radius 1 is 1.07 bits per heavy atom. The number of hydrogen-bond acceptors (Lipinski definition) is 3. The molecular weight excluding hydrogens is 463 g/mol. The van der Waals surface area contributed by atoms with E-state index in [4.69, 9.17) is 16.7 Å². The fraction of sp³-hybridized carbons (Fsp3) is 0. The Kier molecular flexibility index (Phi) is 4.94. The van der Waals surface area contributed by atoms with E-state index in [9.17, 15) is 14.0 Å². The maximum atomic E-state index is 14.7. The lowest BCUT2D eigenvalue weighted by atomic mass is 10.0. The Labute approximate surface area is 177 Å². The van der Waals surface area contributed by atoms with Gasteiger partial charge in [-0.3, -0.25) is 4.79 Å². The first-order valence-electron chi connectivity index (χ1n) is 8.38. The number of nitrogens with zero attached hydrogens (tertiary/aromatic N) is 2. The minimum absolute atomic E-state index is 0.0999. The van der Waals surface area contributed by atoms with E-state index in [2.05, 4.69) is 21.0 Å². The number of carboxylic acids is 1. The molecule has 4 rings (SSSR count). The summed E-state index contributed by atoms with van der Waals surface area (Å²) in [4.78, 5) is 24.2. The molecular formula is C21H11BrClFN2O3. The molecule has 0 aliphatic heterocycles. The summed E-state index contributed by atoms with van der Waals surface area (Å²) in [6.07, 6.45) is 0. The zero-order valence-electron chi connectivity index (χ0n) is 14.6. The summed E-state index contributed by atoms with van der Waals surface area (Å²) < 4.78 is 16.3. The highest BCUT2D eigenvalue weighted by molar-refractivity contribution is 9.10. The molecule has 0 aliphatic rings. The van der Waals surface area contributed by atoms with Gasteiger partial charge in [0, 0.05) is 15.4 Å². The molecule has 0 atom stereocenters. The molecule has 8 heteroatoms. The van der Waals surface area contributed by atoms with Crippen molar-refractivity contribution in [3.8, 4) is 11.3 Å². The smallest absolute Gasteiger partial charge is 0.335 e. The third-order valence-corrected chi connectivity index (χ3v) is 5.83. The van der Waals surface area contributed by atoms with Crippen LogP contribution in [0.2, 0.25) is 5.02 Å². The predicted molar refractivity (Wildman–Crippen MR) is 111 cm³/mol. The molecule has 144 valence electrons. The lowest BCUT2D eigenvalue weighted by molar-refractivity contribution is 0.0696. The van der Waals surface area contributed by atoms with Gasteiger partial charge in [-0.15, -0.1) is 0 Å². The van der Waals surface area contributed by atoms with Gasteiger partial charge in [0.25, 0.3) is 5.91 Å². The van der Waals surface area contributed by atoms with Gasteiger partial charge < -0.3 is 5.11 Å². The average Bonchev–Trinajstić information content (AvgIpc) is 3.09. The van der Waals surface area contributed by atoms with Gasteiger partial charge in [-0.05, 0) is 52.3 Å². The fourth-order valence-electron chi connectivity index (χ4n) is 3.04. The molecule has 0 saturated heterocycles. The molecule has 29 heavy (non-hydrogen) atoms. The first-order chi connectivity index (χ1) is 13.9. The number of rotatable bonds is 3.